The maximum atomic E-state index is 6.09. The molecular weight excluding hydrogens is 426 g/mol. The van der Waals surface area contributed by atoms with Gasteiger partial charge in [-0.05, 0) is 48.9 Å². The quantitative estimate of drug-likeness (QED) is 0.504. The lowest BCUT2D eigenvalue weighted by Gasteiger charge is -2.32. The molecule has 1 saturated heterocycles. The molecule has 0 radical (unpaired) electrons. The van der Waals surface area contributed by atoms with Crippen LogP contribution in [0.1, 0.15) is 11.1 Å². The third-order valence-corrected chi connectivity index (χ3v) is 6.06. The van der Waals surface area contributed by atoms with Gasteiger partial charge < -0.3 is 26.2 Å². The van der Waals surface area contributed by atoms with E-state index in [1.54, 1.807) is 0 Å². The second kappa shape index (κ2) is 9.48. The summed E-state index contributed by atoms with van der Waals surface area (Å²) in [6.45, 7) is 6.24. The predicted octanol–water partition coefficient (Wildman–Crippen LogP) is 3.17. The number of benzene rings is 2. The van der Waals surface area contributed by atoms with E-state index < -0.39 is 0 Å². The van der Waals surface area contributed by atoms with Gasteiger partial charge in [0.1, 0.15) is 5.84 Å². The Morgan fingerprint density at radius 1 is 0.882 bits per heavy atom. The zero-order chi connectivity index (χ0) is 23.5. The minimum atomic E-state index is 0.454. The van der Waals surface area contributed by atoms with Crippen LogP contribution in [0.25, 0.3) is 5.57 Å². The Balaban J connectivity index is 1.41. The smallest absolute Gasteiger partial charge is 0.235 e. The van der Waals surface area contributed by atoms with Crippen LogP contribution in [0.2, 0.25) is 0 Å². The second-order valence-corrected chi connectivity index (χ2v) is 8.63. The number of hydrogen-bond acceptors (Lipinski definition) is 9. The molecule has 1 aromatic heterocycles. The molecule has 3 heterocycles. The Morgan fingerprint density at radius 2 is 1.62 bits per heavy atom. The van der Waals surface area contributed by atoms with Crippen molar-refractivity contribution in [2.24, 2.45) is 4.99 Å². The summed E-state index contributed by atoms with van der Waals surface area (Å²) in [5.41, 5.74) is 11.0. The van der Waals surface area contributed by atoms with Gasteiger partial charge in [0.25, 0.3) is 0 Å². The standard InChI is InChI=1S/C25H29N9/c1-17-8-9-20(15-21(17)26)28-23-30-24(32-25(31-23)34-12-10-33(2)11-13-34)29-22-14-19(16-27-22)18-6-4-3-5-7-18/h3-9,14-15H,10-13,16,26H2,1-2H3,(H2,27,28,29,30,31,32). The number of nitrogens with zero attached hydrogens (tertiary/aromatic N) is 6. The minimum Gasteiger partial charge on any atom is -0.398 e. The van der Waals surface area contributed by atoms with Crippen molar-refractivity contribution in [2.45, 2.75) is 6.92 Å². The fourth-order valence-corrected chi connectivity index (χ4v) is 3.92. The van der Waals surface area contributed by atoms with Gasteiger partial charge in [0.15, 0.2) is 0 Å². The number of likely N-dealkylation sites (N-methyl/N-ethyl adjacent to an activating group) is 1. The molecule has 5 rings (SSSR count). The van der Waals surface area contributed by atoms with Crippen molar-refractivity contribution in [2.75, 3.05) is 61.0 Å². The number of nitrogen functional groups attached to an aromatic ring is 1. The summed E-state index contributed by atoms with van der Waals surface area (Å²) in [5, 5.41) is 6.57. The van der Waals surface area contributed by atoms with Crippen molar-refractivity contribution in [1.82, 2.24) is 19.9 Å². The molecule has 4 N–H and O–H groups in total. The predicted molar refractivity (Wildman–Crippen MR) is 139 cm³/mol. The average Bonchev–Trinajstić information content (AvgIpc) is 3.31. The SMILES string of the molecule is Cc1ccc(Nc2nc(NC3=NCC(c4ccccc4)=C3)nc(N3CCN(C)CC3)n2)cc1N. The molecule has 2 aliphatic heterocycles. The number of rotatable bonds is 5. The van der Waals surface area contributed by atoms with Crippen molar-refractivity contribution in [3.63, 3.8) is 0 Å². The summed E-state index contributed by atoms with van der Waals surface area (Å²) in [6.07, 6.45) is 2.04. The Hall–Kier alpha value is -3.98. The van der Waals surface area contributed by atoms with Crippen LogP contribution in [0.5, 0.6) is 0 Å². The molecule has 0 aliphatic carbocycles. The average molecular weight is 456 g/mol. The molecule has 0 unspecified atom stereocenters. The lowest BCUT2D eigenvalue weighted by Crippen LogP contribution is -2.45. The monoisotopic (exact) mass is 455 g/mol. The molecule has 0 amide bonds. The van der Waals surface area contributed by atoms with Gasteiger partial charge in [0.2, 0.25) is 17.8 Å². The van der Waals surface area contributed by atoms with Gasteiger partial charge in [-0.15, -0.1) is 0 Å². The molecule has 0 bridgehead atoms. The lowest BCUT2D eigenvalue weighted by molar-refractivity contribution is 0.311. The van der Waals surface area contributed by atoms with Crippen molar-refractivity contribution in [3.8, 4) is 0 Å². The highest BCUT2D eigenvalue weighted by molar-refractivity contribution is 6.10. The lowest BCUT2D eigenvalue weighted by atomic mass is 10.1. The van der Waals surface area contributed by atoms with E-state index in [0.29, 0.717) is 24.4 Å². The number of amidine groups is 1. The maximum absolute atomic E-state index is 6.09. The van der Waals surface area contributed by atoms with E-state index in [9.17, 15) is 0 Å². The van der Waals surface area contributed by atoms with Crippen LogP contribution in [0.15, 0.2) is 59.6 Å². The highest BCUT2D eigenvalue weighted by Gasteiger charge is 2.20. The first kappa shape index (κ1) is 21.8. The Morgan fingerprint density at radius 3 is 2.35 bits per heavy atom. The minimum absolute atomic E-state index is 0.454. The van der Waals surface area contributed by atoms with E-state index >= 15 is 0 Å². The summed E-state index contributed by atoms with van der Waals surface area (Å²) < 4.78 is 0. The molecule has 1 fully saturated rings. The molecule has 2 aromatic carbocycles. The first-order chi connectivity index (χ1) is 16.5. The second-order valence-electron chi connectivity index (χ2n) is 8.63. The molecule has 9 heteroatoms. The van der Waals surface area contributed by atoms with Gasteiger partial charge >= 0.3 is 0 Å². The molecule has 9 nitrogen and oxygen atoms in total. The van der Waals surface area contributed by atoms with E-state index in [4.69, 9.17) is 15.7 Å². The topological polar surface area (TPSA) is 108 Å². The number of anilines is 5. The van der Waals surface area contributed by atoms with E-state index in [0.717, 1.165) is 60.1 Å². The number of nitrogens with two attached hydrogens (primary N) is 1. The number of aliphatic imine (C=N–C) groups is 1. The summed E-state index contributed by atoms with van der Waals surface area (Å²) in [5.74, 6) is 2.29. The fourth-order valence-electron chi connectivity index (χ4n) is 3.92. The first-order valence-electron chi connectivity index (χ1n) is 11.4. The van der Waals surface area contributed by atoms with E-state index in [2.05, 4.69) is 49.6 Å². The van der Waals surface area contributed by atoms with Crippen LogP contribution in [-0.2, 0) is 0 Å². The molecule has 34 heavy (non-hydrogen) atoms. The molecule has 0 atom stereocenters. The molecule has 3 aromatic rings. The zero-order valence-corrected chi connectivity index (χ0v) is 19.5. The highest BCUT2D eigenvalue weighted by atomic mass is 15.4. The highest BCUT2D eigenvalue weighted by Crippen LogP contribution is 2.23. The number of nitrogens with one attached hydrogen (secondary N) is 2. The number of aromatic nitrogens is 3. The van der Waals surface area contributed by atoms with Crippen molar-refractivity contribution in [3.05, 3.63) is 65.7 Å². The van der Waals surface area contributed by atoms with Crippen LogP contribution in [0.3, 0.4) is 0 Å². The summed E-state index contributed by atoms with van der Waals surface area (Å²) >= 11 is 0. The van der Waals surface area contributed by atoms with E-state index in [1.807, 2.05) is 49.4 Å². The van der Waals surface area contributed by atoms with Gasteiger partial charge in [-0.25, -0.2) is 0 Å². The molecular formula is C25H29N9. The van der Waals surface area contributed by atoms with Crippen LogP contribution in [0.4, 0.5) is 29.2 Å². The van der Waals surface area contributed by atoms with Crippen LogP contribution >= 0.6 is 0 Å². The number of aryl methyl sites for hydroxylation is 1. The van der Waals surface area contributed by atoms with Gasteiger partial charge in [0.05, 0.1) is 6.54 Å². The van der Waals surface area contributed by atoms with Gasteiger partial charge in [-0.2, -0.15) is 15.0 Å². The van der Waals surface area contributed by atoms with Crippen molar-refractivity contribution >= 4 is 40.6 Å². The maximum Gasteiger partial charge on any atom is 0.235 e. The van der Waals surface area contributed by atoms with Gasteiger partial charge in [0, 0.05) is 37.6 Å². The molecule has 174 valence electrons. The normalized spacial score (nSPS) is 16.2. The largest absolute Gasteiger partial charge is 0.398 e. The third kappa shape index (κ3) is 4.99. The van der Waals surface area contributed by atoms with E-state index in [1.165, 1.54) is 0 Å². The van der Waals surface area contributed by atoms with Crippen LogP contribution in [-0.4, -0.2) is 65.5 Å². The third-order valence-electron chi connectivity index (χ3n) is 6.06. The fraction of sp³-hybridized carbons (Fsp3) is 0.280. The number of piperazine rings is 1. The van der Waals surface area contributed by atoms with Gasteiger partial charge in [-0.1, -0.05) is 36.4 Å². The number of hydrogen-bond donors (Lipinski definition) is 3. The van der Waals surface area contributed by atoms with E-state index in [-0.39, 0.29) is 0 Å². The Bertz CT molecular complexity index is 1230. The van der Waals surface area contributed by atoms with Crippen molar-refractivity contribution in [1.29, 1.82) is 0 Å². The molecule has 0 spiro atoms. The first-order valence-corrected chi connectivity index (χ1v) is 11.4. The summed E-state index contributed by atoms with van der Waals surface area (Å²) in [4.78, 5) is 23.2. The summed E-state index contributed by atoms with van der Waals surface area (Å²) in [7, 11) is 2.13. The van der Waals surface area contributed by atoms with Gasteiger partial charge in [-0.3, -0.25) is 4.99 Å². The van der Waals surface area contributed by atoms with Crippen LogP contribution in [0, 0.1) is 6.92 Å². The molecule has 0 saturated carbocycles. The Kier molecular flexibility index (Phi) is 6.09. The molecule has 2 aliphatic rings. The van der Waals surface area contributed by atoms with Crippen molar-refractivity contribution < 1.29 is 0 Å². The van der Waals surface area contributed by atoms with Crippen LogP contribution < -0.4 is 21.3 Å². The Labute approximate surface area is 199 Å². The zero-order valence-electron chi connectivity index (χ0n) is 19.5. The summed E-state index contributed by atoms with van der Waals surface area (Å²) in [6, 6.07) is 16.1.